The lowest BCUT2D eigenvalue weighted by Gasteiger charge is -2.51. The molecule has 42 nitrogen and oxygen atoms in total. The van der Waals surface area contributed by atoms with Gasteiger partial charge in [-0.25, -0.2) is 0 Å². The number of ether oxygens (including phenoxy) is 19. The van der Waals surface area contributed by atoms with E-state index in [1.165, 1.54) is 27.9 Å². The predicted molar refractivity (Wildman–Crippen MR) is 296 cm³/mol. The lowest BCUT2D eigenvalue weighted by atomic mass is 9.95. The summed E-state index contributed by atoms with van der Waals surface area (Å²) < 4.78 is 111. The van der Waals surface area contributed by atoms with Gasteiger partial charge in [-0.3, -0.25) is 0 Å². The number of methoxy groups -OCH3 is 2. The van der Waals surface area contributed by atoms with Crippen molar-refractivity contribution < 1.29 is 207 Å². The fourth-order valence-electron chi connectivity index (χ4n) is 12.8. The molecule has 42 heteroatoms. The Labute approximate surface area is 551 Å². The second kappa shape index (κ2) is 34.0. The summed E-state index contributed by atoms with van der Waals surface area (Å²) >= 11 is 0. The molecule has 9 heterocycles. The summed E-state index contributed by atoms with van der Waals surface area (Å²) in [5.74, 6) is 0. The zero-order valence-electron chi connectivity index (χ0n) is 52.7. The highest BCUT2D eigenvalue weighted by Crippen LogP contribution is 2.41. The third kappa shape index (κ3) is 16.6. The van der Waals surface area contributed by atoms with Gasteiger partial charge in [0.2, 0.25) is 0 Å². The van der Waals surface area contributed by atoms with Crippen molar-refractivity contribution in [1.29, 1.82) is 0 Å². The maximum atomic E-state index is 12.2. The first-order valence-electron chi connectivity index (χ1n) is 31.4. The molecule has 0 aromatic carbocycles. The number of aliphatic hydroxyl groups is 23. The predicted octanol–water partition coefficient (Wildman–Crippen LogP) is -15.6. The molecular formula is C55H94O42. The summed E-state index contributed by atoms with van der Waals surface area (Å²) in [6.07, 6.45) is -83.5. The van der Waals surface area contributed by atoms with Crippen molar-refractivity contribution in [2.24, 2.45) is 0 Å². The van der Waals surface area contributed by atoms with Crippen molar-refractivity contribution >= 4 is 0 Å². The molecule has 9 aliphatic heterocycles. The molecule has 0 amide bonds. The normalized spacial score (nSPS) is 54.2. The van der Waals surface area contributed by atoms with Crippen LogP contribution in [0.2, 0.25) is 0 Å². The van der Waals surface area contributed by atoms with Crippen molar-refractivity contribution in [3.63, 3.8) is 0 Å². The molecule has 9 fully saturated rings. The van der Waals surface area contributed by atoms with Gasteiger partial charge in [0, 0.05) is 14.2 Å². The molecule has 0 unspecified atom stereocenters. The Bertz CT molecular complexity index is 2380. The topological polar surface area (TPSA) is 641 Å². The van der Waals surface area contributed by atoms with Crippen LogP contribution in [0.3, 0.4) is 0 Å². The first kappa shape index (κ1) is 79.4. The number of aliphatic hydroxyl groups excluding tert-OH is 23. The first-order valence-corrected chi connectivity index (χ1v) is 31.4. The van der Waals surface area contributed by atoms with E-state index in [2.05, 4.69) is 0 Å². The Morgan fingerprint density at radius 3 is 1.04 bits per heavy atom. The largest absolute Gasteiger partial charge is 0.394 e. The Kier molecular flexibility index (Phi) is 27.9. The minimum absolute atomic E-state index is 0.419. The van der Waals surface area contributed by atoms with Crippen LogP contribution in [0.4, 0.5) is 0 Å². The standard InChI is InChI=1S/C55H94O42/c1-12-21(61)30(70)33(73)48(82-12)96-45-43(80-5)28(68)19(9-59)88-55(45)94-44-23(63)14(3)84-54(46(44)95-47-32(72)24(64)15(60)10-81-47)93-41-27(67)18(8-58)87-52(37(41)77)92-40-26(66)17(7-57)86-51(36(40)76)90-39-22(62)13(2)83-50(35(39)75)91-42-29(69)20(11-79-4)89-53(38(42)78)97-49-34(74)31(71)25(65)16(6-56)85-49/h12-78H,6-11H2,1-5H3/t12-,13-,14-,15+,16+,17+,18+,19-,20+,21-,22-,23-,24-,25+,26+,27+,28-,29+,30+,31-,32+,33+,34+,35+,36+,37+,38+,39+,40-,41-,42-,43+,44+,45+,46+,47-,48-,49+,50-,51-,52-,53+,54-,55-/m0/s1. The van der Waals surface area contributed by atoms with Crippen LogP contribution in [0, 0.1) is 0 Å². The van der Waals surface area contributed by atoms with Crippen molar-refractivity contribution in [2.45, 2.75) is 291 Å². The molecule has 0 aliphatic carbocycles. The van der Waals surface area contributed by atoms with Crippen LogP contribution in [0.1, 0.15) is 20.8 Å². The van der Waals surface area contributed by atoms with Gasteiger partial charge in [-0.15, -0.1) is 0 Å². The van der Waals surface area contributed by atoms with E-state index in [9.17, 15) is 117 Å². The highest BCUT2D eigenvalue weighted by molar-refractivity contribution is 5.02. The first-order chi connectivity index (χ1) is 45.9. The zero-order valence-corrected chi connectivity index (χ0v) is 52.7. The molecule has 0 aromatic rings. The van der Waals surface area contributed by atoms with Gasteiger partial charge in [-0.05, 0) is 20.8 Å². The van der Waals surface area contributed by atoms with Gasteiger partial charge >= 0.3 is 0 Å². The highest BCUT2D eigenvalue weighted by Gasteiger charge is 2.61. The average molecular weight is 1430 g/mol. The Morgan fingerprint density at radius 1 is 0.258 bits per heavy atom. The van der Waals surface area contributed by atoms with Gasteiger partial charge in [0.1, 0.15) is 195 Å². The molecule has 97 heavy (non-hydrogen) atoms. The van der Waals surface area contributed by atoms with E-state index in [4.69, 9.17) is 90.0 Å². The summed E-state index contributed by atoms with van der Waals surface area (Å²) in [6.45, 7) is -1.23. The molecule has 44 atom stereocenters. The Morgan fingerprint density at radius 2 is 0.557 bits per heavy atom. The zero-order chi connectivity index (χ0) is 71.1. The quantitative estimate of drug-likeness (QED) is 0.0452. The van der Waals surface area contributed by atoms with E-state index < -0.39 is 310 Å². The molecule has 9 rings (SSSR count). The molecule has 0 spiro atoms. The van der Waals surface area contributed by atoms with Crippen molar-refractivity contribution in [3.8, 4) is 0 Å². The van der Waals surface area contributed by atoms with Crippen LogP contribution >= 0.6 is 0 Å². The fourth-order valence-corrected chi connectivity index (χ4v) is 12.8. The molecule has 23 N–H and O–H groups in total. The van der Waals surface area contributed by atoms with E-state index in [0.717, 1.165) is 7.11 Å². The summed E-state index contributed by atoms with van der Waals surface area (Å²) in [5.41, 5.74) is 0. The molecule has 0 saturated carbocycles. The summed E-state index contributed by atoms with van der Waals surface area (Å²) in [5, 5.41) is 254. The van der Waals surface area contributed by atoms with E-state index in [0.29, 0.717) is 0 Å². The van der Waals surface area contributed by atoms with Crippen LogP contribution < -0.4 is 0 Å². The van der Waals surface area contributed by atoms with Gasteiger partial charge in [0.05, 0.1) is 58.0 Å². The monoisotopic (exact) mass is 1430 g/mol. The van der Waals surface area contributed by atoms with Gasteiger partial charge in [-0.1, -0.05) is 0 Å². The van der Waals surface area contributed by atoms with Gasteiger partial charge in [0.15, 0.2) is 56.6 Å². The van der Waals surface area contributed by atoms with Gasteiger partial charge < -0.3 is 207 Å². The molecule has 566 valence electrons. The van der Waals surface area contributed by atoms with Gasteiger partial charge in [-0.2, -0.15) is 0 Å². The van der Waals surface area contributed by atoms with E-state index in [1.807, 2.05) is 0 Å². The summed E-state index contributed by atoms with van der Waals surface area (Å²) in [4.78, 5) is 0. The van der Waals surface area contributed by atoms with Gasteiger partial charge in [0.25, 0.3) is 0 Å². The highest BCUT2D eigenvalue weighted by atomic mass is 16.8. The maximum Gasteiger partial charge on any atom is 0.189 e. The van der Waals surface area contributed by atoms with Crippen molar-refractivity contribution in [2.75, 3.05) is 53.9 Å². The van der Waals surface area contributed by atoms with Crippen molar-refractivity contribution in [1.82, 2.24) is 0 Å². The van der Waals surface area contributed by atoms with Crippen LogP contribution in [-0.4, -0.2) is 442 Å². The van der Waals surface area contributed by atoms with E-state index in [1.54, 1.807) is 0 Å². The molecule has 9 saturated heterocycles. The Balaban J connectivity index is 0.950. The third-order valence-electron chi connectivity index (χ3n) is 18.6. The maximum absolute atomic E-state index is 12.2. The minimum Gasteiger partial charge on any atom is -0.394 e. The fraction of sp³-hybridized carbons (Fsp3) is 1.00. The van der Waals surface area contributed by atoms with E-state index in [-0.39, 0.29) is 0 Å². The molecule has 9 aliphatic rings. The molecule has 0 radical (unpaired) electrons. The minimum atomic E-state index is -2.36. The van der Waals surface area contributed by atoms with Crippen LogP contribution in [0.25, 0.3) is 0 Å². The molecule has 0 aromatic heterocycles. The second-order valence-electron chi connectivity index (χ2n) is 25.2. The Hall–Kier alpha value is -1.68. The lowest BCUT2D eigenvalue weighted by Crippen LogP contribution is -2.69. The van der Waals surface area contributed by atoms with Crippen LogP contribution in [0.5, 0.6) is 0 Å². The summed E-state index contributed by atoms with van der Waals surface area (Å²) in [7, 11) is 2.32. The number of hydrogen-bond acceptors (Lipinski definition) is 42. The van der Waals surface area contributed by atoms with Crippen LogP contribution in [-0.2, 0) is 90.0 Å². The molecule has 0 bridgehead atoms. The summed E-state index contributed by atoms with van der Waals surface area (Å²) in [6, 6.07) is 0. The van der Waals surface area contributed by atoms with Crippen LogP contribution in [0.15, 0.2) is 0 Å². The lowest BCUT2D eigenvalue weighted by molar-refractivity contribution is -0.413. The smallest absolute Gasteiger partial charge is 0.189 e. The molecular weight excluding hydrogens is 1330 g/mol. The average Bonchev–Trinajstić information content (AvgIpc) is 0.892. The van der Waals surface area contributed by atoms with Crippen molar-refractivity contribution in [3.05, 3.63) is 0 Å². The number of rotatable bonds is 23. The SMILES string of the molecule is COC[C@H]1O[C@H](O[C@H]2O[C@H](CO)[C@@H](O)[C@H](O)[C@H]2O)[C@H](O)[C@@H](O[C@@H]2O[C@@H](C)[C@H](O)[C@@H](O[C@@H]3O[C@H](CO)[C@@H](O)[C@H](O[C@@H]4O[C@H](CO)[C@@H](O)[C@H](O[C@@H]5O[C@@H](C)[C@H](O)[C@@H](O[C@@H]6O[C@@H](CO)[C@H](O)[C@@H](OC)[C@H]6O[C@@H]6O[C@@H](C)[C@H](O)[C@@H](O)[C@H]6O)[C@H]5O[C@@H]5OC[C@@H](O)[C@H](O)[C@H]5O)[C@H]4O)[C@H]3O)[C@H]2O)[C@@H]1O. The number of hydrogen-bond donors (Lipinski definition) is 23. The van der Waals surface area contributed by atoms with E-state index >= 15 is 0 Å². The second-order valence-corrected chi connectivity index (χ2v) is 25.2. The third-order valence-corrected chi connectivity index (χ3v) is 18.6.